The van der Waals surface area contributed by atoms with Gasteiger partial charge in [0.05, 0.1) is 0 Å². The molecule has 7 nitrogen and oxygen atoms in total. The van der Waals surface area contributed by atoms with Crippen molar-refractivity contribution in [1.82, 2.24) is 9.55 Å². The van der Waals surface area contributed by atoms with Crippen LogP contribution in [0.5, 0.6) is 0 Å². The highest BCUT2D eigenvalue weighted by atomic mass is 16.4. The summed E-state index contributed by atoms with van der Waals surface area (Å²) < 4.78 is 1.23. The standard InChI is InChI=1S/C8H9N3O4/c12-6-4(7(13)14)5-9-2-1-3-11(5)8(15)10-6/h9H,1-3H2,(H,13,14)(H,10,12,15). The van der Waals surface area contributed by atoms with Crippen LogP contribution >= 0.6 is 0 Å². The second-order valence-electron chi connectivity index (χ2n) is 3.22. The maximum Gasteiger partial charge on any atom is 0.345 e. The molecule has 0 saturated heterocycles. The molecule has 0 spiro atoms. The van der Waals surface area contributed by atoms with Crippen LogP contribution in [0.15, 0.2) is 9.59 Å². The minimum Gasteiger partial charge on any atom is -0.477 e. The first-order valence-electron chi connectivity index (χ1n) is 4.45. The number of hydrogen-bond acceptors (Lipinski definition) is 4. The van der Waals surface area contributed by atoms with Crippen LogP contribution in [0.3, 0.4) is 0 Å². The molecule has 0 radical (unpaired) electrons. The molecule has 0 amide bonds. The number of hydrogen-bond donors (Lipinski definition) is 3. The first kappa shape index (κ1) is 9.50. The van der Waals surface area contributed by atoms with E-state index in [1.54, 1.807) is 0 Å². The van der Waals surface area contributed by atoms with Gasteiger partial charge in [0.15, 0.2) is 5.56 Å². The first-order chi connectivity index (χ1) is 7.11. The fraction of sp³-hybridized carbons (Fsp3) is 0.375. The number of nitrogens with zero attached hydrogens (tertiary/aromatic N) is 1. The number of rotatable bonds is 1. The number of fused-ring (bicyclic) bond motifs is 1. The minimum absolute atomic E-state index is 0.0995. The lowest BCUT2D eigenvalue weighted by atomic mass is 10.2. The largest absolute Gasteiger partial charge is 0.477 e. The molecular weight excluding hydrogens is 202 g/mol. The lowest BCUT2D eigenvalue weighted by Crippen LogP contribution is -2.39. The second kappa shape index (κ2) is 3.26. The van der Waals surface area contributed by atoms with Crippen LogP contribution in [-0.2, 0) is 6.54 Å². The molecule has 80 valence electrons. The smallest absolute Gasteiger partial charge is 0.345 e. The van der Waals surface area contributed by atoms with E-state index in [9.17, 15) is 14.4 Å². The Morgan fingerprint density at radius 1 is 1.40 bits per heavy atom. The van der Waals surface area contributed by atoms with Crippen LogP contribution in [0, 0.1) is 0 Å². The summed E-state index contributed by atoms with van der Waals surface area (Å²) in [6.07, 6.45) is 0.720. The molecule has 1 aromatic rings. The van der Waals surface area contributed by atoms with Crippen molar-refractivity contribution in [2.24, 2.45) is 0 Å². The Hall–Kier alpha value is -2.05. The zero-order chi connectivity index (χ0) is 11.0. The summed E-state index contributed by atoms with van der Waals surface area (Å²) in [7, 11) is 0. The van der Waals surface area contributed by atoms with Crippen LogP contribution in [-0.4, -0.2) is 27.2 Å². The predicted octanol–water partition coefficient (Wildman–Crippen LogP) is -0.950. The zero-order valence-electron chi connectivity index (χ0n) is 7.74. The topological polar surface area (TPSA) is 104 Å². The molecule has 0 saturated carbocycles. The summed E-state index contributed by atoms with van der Waals surface area (Å²) in [5, 5.41) is 11.6. The molecule has 7 heteroatoms. The molecule has 0 unspecified atom stereocenters. The van der Waals surface area contributed by atoms with E-state index in [-0.39, 0.29) is 5.82 Å². The molecule has 2 heterocycles. The maximum atomic E-state index is 11.3. The molecule has 0 aromatic carbocycles. The van der Waals surface area contributed by atoms with Gasteiger partial charge in [0.1, 0.15) is 5.82 Å². The number of H-pyrrole nitrogens is 1. The molecule has 0 atom stereocenters. The third kappa shape index (κ3) is 1.41. The van der Waals surface area contributed by atoms with Gasteiger partial charge in [-0.15, -0.1) is 0 Å². The third-order valence-electron chi connectivity index (χ3n) is 2.26. The van der Waals surface area contributed by atoms with Crippen LogP contribution in [0.2, 0.25) is 0 Å². The Morgan fingerprint density at radius 3 is 2.80 bits per heavy atom. The van der Waals surface area contributed by atoms with Crippen LogP contribution < -0.4 is 16.6 Å². The second-order valence-corrected chi connectivity index (χ2v) is 3.22. The summed E-state index contributed by atoms with van der Waals surface area (Å²) in [4.78, 5) is 35.4. The lowest BCUT2D eigenvalue weighted by Gasteiger charge is -2.20. The van der Waals surface area contributed by atoms with Crippen LogP contribution in [0.4, 0.5) is 5.82 Å². The Morgan fingerprint density at radius 2 is 2.13 bits per heavy atom. The van der Waals surface area contributed by atoms with Crippen molar-refractivity contribution in [2.75, 3.05) is 11.9 Å². The summed E-state index contributed by atoms with van der Waals surface area (Å²) in [5.74, 6) is -1.24. The SMILES string of the molecule is O=C(O)c1c2n(c(=O)[nH]c1=O)CCCN2. The Labute approximate surface area is 83.4 Å². The average molecular weight is 211 g/mol. The summed E-state index contributed by atoms with van der Waals surface area (Å²) in [6.45, 7) is 0.974. The van der Waals surface area contributed by atoms with Crippen LogP contribution in [0.1, 0.15) is 16.8 Å². The quantitative estimate of drug-likeness (QED) is 0.555. The van der Waals surface area contributed by atoms with E-state index >= 15 is 0 Å². The molecule has 2 rings (SSSR count). The molecule has 15 heavy (non-hydrogen) atoms. The third-order valence-corrected chi connectivity index (χ3v) is 2.26. The van der Waals surface area contributed by atoms with Gasteiger partial charge >= 0.3 is 11.7 Å². The van der Waals surface area contributed by atoms with Crippen molar-refractivity contribution in [2.45, 2.75) is 13.0 Å². The van der Waals surface area contributed by atoms with Crippen molar-refractivity contribution in [1.29, 1.82) is 0 Å². The first-order valence-corrected chi connectivity index (χ1v) is 4.45. The lowest BCUT2D eigenvalue weighted by molar-refractivity contribution is 0.0694. The molecular formula is C8H9N3O4. The number of aromatic nitrogens is 2. The van der Waals surface area contributed by atoms with Gasteiger partial charge in [-0.1, -0.05) is 0 Å². The van der Waals surface area contributed by atoms with E-state index in [1.165, 1.54) is 4.57 Å². The van der Waals surface area contributed by atoms with Crippen molar-refractivity contribution in [3.63, 3.8) is 0 Å². The van der Waals surface area contributed by atoms with Gasteiger partial charge in [0.25, 0.3) is 5.56 Å². The molecule has 0 fully saturated rings. The minimum atomic E-state index is -1.34. The molecule has 1 aliphatic rings. The van der Waals surface area contributed by atoms with Gasteiger partial charge < -0.3 is 10.4 Å². The molecule has 0 bridgehead atoms. The highest BCUT2D eigenvalue weighted by Crippen LogP contribution is 2.13. The van der Waals surface area contributed by atoms with Crippen molar-refractivity contribution in [3.05, 3.63) is 26.4 Å². The van der Waals surface area contributed by atoms with E-state index in [4.69, 9.17) is 5.11 Å². The molecule has 1 aromatic heterocycles. The van der Waals surface area contributed by atoms with Gasteiger partial charge in [-0.05, 0) is 6.42 Å². The van der Waals surface area contributed by atoms with Crippen LogP contribution in [0.25, 0.3) is 0 Å². The fourth-order valence-electron chi connectivity index (χ4n) is 1.61. The number of aromatic carboxylic acids is 1. The van der Waals surface area contributed by atoms with E-state index in [0.29, 0.717) is 13.1 Å². The van der Waals surface area contributed by atoms with Gasteiger partial charge in [-0.25, -0.2) is 9.59 Å². The monoisotopic (exact) mass is 211 g/mol. The maximum absolute atomic E-state index is 11.3. The summed E-state index contributed by atoms with van der Waals surface area (Å²) in [6, 6.07) is 0. The number of carboxylic acid groups (broad SMARTS) is 1. The van der Waals surface area contributed by atoms with E-state index in [0.717, 1.165) is 6.42 Å². The fourth-order valence-corrected chi connectivity index (χ4v) is 1.61. The summed E-state index contributed by atoms with van der Waals surface area (Å²) >= 11 is 0. The highest BCUT2D eigenvalue weighted by molar-refractivity contribution is 5.92. The van der Waals surface area contributed by atoms with Gasteiger partial charge in [-0.2, -0.15) is 0 Å². The number of anilines is 1. The molecule has 1 aliphatic heterocycles. The van der Waals surface area contributed by atoms with Crippen molar-refractivity contribution >= 4 is 11.8 Å². The predicted molar refractivity (Wildman–Crippen MR) is 51.4 cm³/mol. The summed E-state index contributed by atoms with van der Waals surface area (Å²) in [5.41, 5.74) is -1.85. The van der Waals surface area contributed by atoms with E-state index in [2.05, 4.69) is 5.32 Å². The molecule has 0 aliphatic carbocycles. The number of carbonyl (C=O) groups is 1. The van der Waals surface area contributed by atoms with E-state index < -0.39 is 22.8 Å². The zero-order valence-corrected chi connectivity index (χ0v) is 7.74. The Kier molecular flexibility index (Phi) is 2.07. The highest BCUT2D eigenvalue weighted by Gasteiger charge is 2.22. The van der Waals surface area contributed by atoms with E-state index in [1.807, 2.05) is 4.98 Å². The van der Waals surface area contributed by atoms with Gasteiger partial charge in [0, 0.05) is 13.1 Å². The normalized spacial score (nSPS) is 14.1. The number of carboxylic acids is 1. The van der Waals surface area contributed by atoms with Crippen molar-refractivity contribution < 1.29 is 9.90 Å². The van der Waals surface area contributed by atoms with Crippen molar-refractivity contribution in [3.8, 4) is 0 Å². The average Bonchev–Trinajstić information content (AvgIpc) is 2.17. The number of nitrogens with one attached hydrogen (secondary N) is 2. The Bertz CT molecular complexity index is 528. The van der Waals surface area contributed by atoms with Gasteiger partial charge in [-0.3, -0.25) is 14.3 Å². The van der Waals surface area contributed by atoms with Gasteiger partial charge in [0.2, 0.25) is 0 Å². The molecule has 3 N–H and O–H groups in total. The Balaban J connectivity index is 2.80. The number of aromatic amines is 1.